The van der Waals surface area contributed by atoms with Crippen LogP contribution in [0.15, 0.2) is 60.8 Å². The fraction of sp³-hybridized carbons (Fsp3) is 0.333. The Hall–Kier alpha value is -3.12. The first-order valence-corrected chi connectivity index (χ1v) is 10.5. The Kier molecular flexibility index (Phi) is 7.63. The molecular formula is C24H31N4O2+. The highest BCUT2D eigenvalue weighted by atomic mass is 16.5. The highest BCUT2D eigenvalue weighted by molar-refractivity contribution is 5.79. The Bertz CT molecular complexity index is 953. The number of methoxy groups -OCH3 is 1. The number of aromatic nitrogens is 2. The highest BCUT2D eigenvalue weighted by Gasteiger charge is 2.20. The zero-order chi connectivity index (χ0) is 21.3. The zero-order valence-corrected chi connectivity index (χ0v) is 18.0. The molecule has 1 amide bonds. The van der Waals surface area contributed by atoms with Gasteiger partial charge in [-0.2, -0.15) is 5.10 Å². The molecule has 0 aliphatic rings. The molecule has 0 fully saturated rings. The summed E-state index contributed by atoms with van der Waals surface area (Å²) in [6.07, 6.45) is 3.00. The first-order chi connectivity index (χ1) is 14.6. The molecule has 6 heteroatoms. The second-order valence-electron chi connectivity index (χ2n) is 7.41. The minimum atomic E-state index is -0.167. The van der Waals surface area contributed by atoms with Crippen molar-refractivity contribution >= 4 is 5.91 Å². The summed E-state index contributed by atoms with van der Waals surface area (Å²) in [7, 11) is 1.67. The summed E-state index contributed by atoms with van der Waals surface area (Å²) in [5.74, 6) is 0.852. The maximum absolute atomic E-state index is 12.2. The van der Waals surface area contributed by atoms with Gasteiger partial charge in [0.05, 0.1) is 19.2 Å². The molecule has 1 aromatic heterocycles. The summed E-state index contributed by atoms with van der Waals surface area (Å²) >= 11 is 0. The Morgan fingerprint density at radius 1 is 1.17 bits per heavy atom. The van der Waals surface area contributed by atoms with Crippen LogP contribution < -0.4 is 15.4 Å². The van der Waals surface area contributed by atoms with Crippen molar-refractivity contribution in [1.29, 1.82) is 0 Å². The van der Waals surface area contributed by atoms with E-state index in [9.17, 15) is 4.79 Å². The van der Waals surface area contributed by atoms with Crippen molar-refractivity contribution < 1.29 is 14.8 Å². The van der Waals surface area contributed by atoms with Crippen molar-refractivity contribution in [1.82, 2.24) is 15.1 Å². The number of rotatable bonds is 10. The van der Waals surface area contributed by atoms with E-state index >= 15 is 0 Å². The average Bonchev–Trinajstić information content (AvgIpc) is 3.18. The van der Waals surface area contributed by atoms with Gasteiger partial charge < -0.3 is 15.4 Å². The van der Waals surface area contributed by atoms with Crippen molar-refractivity contribution in [2.45, 2.75) is 39.4 Å². The second kappa shape index (κ2) is 10.6. The van der Waals surface area contributed by atoms with Gasteiger partial charge in [0.1, 0.15) is 18.0 Å². The number of carbonyl (C=O) groups excluding carboxylic acids is 1. The topological polar surface area (TPSA) is 72.8 Å². The van der Waals surface area contributed by atoms with Gasteiger partial charge in [0.25, 0.3) is 5.91 Å². The van der Waals surface area contributed by atoms with Crippen LogP contribution in [0, 0.1) is 0 Å². The molecule has 3 aromatic rings. The van der Waals surface area contributed by atoms with E-state index in [2.05, 4.69) is 30.6 Å². The summed E-state index contributed by atoms with van der Waals surface area (Å²) < 4.78 is 7.53. The number of hydrogen-bond acceptors (Lipinski definition) is 3. The Balaban J connectivity index is 1.85. The van der Waals surface area contributed by atoms with Gasteiger partial charge in [-0.25, -0.2) is 0 Å². The molecule has 0 saturated carbocycles. The quantitative estimate of drug-likeness (QED) is 0.543. The van der Waals surface area contributed by atoms with Crippen LogP contribution in [-0.4, -0.2) is 35.4 Å². The maximum atomic E-state index is 12.2. The highest BCUT2D eigenvalue weighted by Crippen LogP contribution is 2.30. The number of nitrogens with one attached hydrogen (secondary N) is 1. The van der Waals surface area contributed by atoms with E-state index in [-0.39, 0.29) is 11.9 Å². The van der Waals surface area contributed by atoms with Crippen molar-refractivity contribution in [3.05, 3.63) is 71.9 Å². The minimum Gasteiger partial charge on any atom is -0.496 e. The Morgan fingerprint density at radius 3 is 2.63 bits per heavy atom. The lowest BCUT2D eigenvalue weighted by atomic mass is 10.1. The third-order valence-corrected chi connectivity index (χ3v) is 5.04. The standard InChI is InChI=1S/C24H30N4O2/c1-4-14-25-24(29)18(2)26-15-20-17-28(16-19-10-6-5-7-11-19)27-23(20)21-12-8-9-13-22(21)30-3/h5-13,17-18,26H,4,14-16H2,1-3H3,(H,25,29)/p+1/t18-/m0/s1. The molecule has 0 saturated heterocycles. The molecule has 0 unspecified atom stereocenters. The molecule has 158 valence electrons. The zero-order valence-electron chi connectivity index (χ0n) is 18.0. The summed E-state index contributed by atoms with van der Waals surface area (Å²) in [6.45, 7) is 6.04. The Labute approximate surface area is 178 Å². The molecule has 0 spiro atoms. The molecule has 30 heavy (non-hydrogen) atoms. The molecular weight excluding hydrogens is 376 g/mol. The number of ether oxygens (including phenoxy) is 1. The van der Waals surface area contributed by atoms with Gasteiger partial charge in [-0.15, -0.1) is 0 Å². The lowest BCUT2D eigenvalue weighted by Crippen LogP contribution is -2.90. The number of hydrogen-bond donors (Lipinski definition) is 2. The van der Waals surface area contributed by atoms with E-state index in [1.54, 1.807) is 7.11 Å². The van der Waals surface area contributed by atoms with Gasteiger partial charge >= 0.3 is 0 Å². The van der Waals surface area contributed by atoms with Gasteiger partial charge in [-0.1, -0.05) is 49.4 Å². The number of quaternary nitrogens is 1. The molecule has 0 aliphatic carbocycles. The summed E-state index contributed by atoms with van der Waals surface area (Å²) in [4.78, 5) is 12.2. The Morgan fingerprint density at radius 2 is 1.90 bits per heavy atom. The number of nitrogens with two attached hydrogens (primary N) is 1. The molecule has 0 radical (unpaired) electrons. The monoisotopic (exact) mass is 407 g/mol. The minimum absolute atomic E-state index is 0.0624. The van der Waals surface area contributed by atoms with Crippen LogP contribution in [0.4, 0.5) is 0 Å². The van der Waals surface area contributed by atoms with E-state index in [1.807, 2.05) is 59.4 Å². The van der Waals surface area contributed by atoms with Crippen LogP contribution in [-0.2, 0) is 17.9 Å². The van der Waals surface area contributed by atoms with E-state index in [1.165, 1.54) is 5.56 Å². The molecule has 0 bridgehead atoms. The number of amides is 1. The van der Waals surface area contributed by atoms with Crippen LogP contribution in [0.1, 0.15) is 31.4 Å². The molecule has 2 aromatic carbocycles. The molecule has 6 nitrogen and oxygen atoms in total. The van der Waals surface area contributed by atoms with Crippen LogP contribution in [0.2, 0.25) is 0 Å². The normalized spacial score (nSPS) is 11.8. The summed E-state index contributed by atoms with van der Waals surface area (Å²) in [5, 5.41) is 9.88. The second-order valence-corrected chi connectivity index (χ2v) is 7.41. The predicted molar refractivity (Wildman–Crippen MR) is 118 cm³/mol. The fourth-order valence-corrected chi connectivity index (χ4v) is 3.35. The van der Waals surface area contributed by atoms with Gasteiger partial charge in [0.2, 0.25) is 0 Å². The third kappa shape index (κ3) is 5.48. The number of nitrogens with zero attached hydrogens (tertiary/aromatic N) is 2. The van der Waals surface area contributed by atoms with E-state index in [0.29, 0.717) is 19.6 Å². The van der Waals surface area contributed by atoms with E-state index < -0.39 is 0 Å². The third-order valence-electron chi connectivity index (χ3n) is 5.04. The van der Waals surface area contributed by atoms with Gasteiger partial charge in [0.15, 0.2) is 6.04 Å². The summed E-state index contributed by atoms with van der Waals surface area (Å²) in [5.41, 5.74) is 4.11. The molecule has 1 atom stereocenters. The van der Waals surface area contributed by atoms with Crippen LogP contribution in [0.25, 0.3) is 11.3 Å². The van der Waals surface area contributed by atoms with Crippen LogP contribution >= 0.6 is 0 Å². The van der Waals surface area contributed by atoms with E-state index in [4.69, 9.17) is 9.84 Å². The molecule has 3 N–H and O–H groups in total. The predicted octanol–water partition coefficient (Wildman–Crippen LogP) is 2.59. The van der Waals surface area contributed by atoms with Crippen LogP contribution in [0.3, 0.4) is 0 Å². The summed E-state index contributed by atoms with van der Waals surface area (Å²) in [6, 6.07) is 18.0. The maximum Gasteiger partial charge on any atom is 0.277 e. The smallest absolute Gasteiger partial charge is 0.277 e. The fourth-order valence-electron chi connectivity index (χ4n) is 3.35. The van der Waals surface area contributed by atoms with Crippen molar-refractivity contribution in [3.8, 4) is 17.0 Å². The van der Waals surface area contributed by atoms with Gasteiger partial charge in [-0.3, -0.25) is 9.48 Å². The number of benzene rings is 2. The number of carbonyl (C=O) groups is 1. The average molecular weight is 408 g/mol. The number of para-hydroxylation sites is 1. The first kappa shape index (κ1) is 21.6. The molecule has 1 heterocycles. The van der Waals surface area contributed by atoms with Crippen molar-refractivity contribution in [2.75, 3.05) is 13.7 Å². The van der Waals surface area contributed by atoms with Crippen LogP contribution in [0.5, 0.6) is 5.75 Å². The van der Waals surface area contributed by atoms with Gasteiger partial charge in [-0.05, 0) is 31.0 Å². The first-order valence-electron chi connectivity index (χ1n) is 10.5. The van der Waals surface area contributed by atoms with Crippen molar-refractivity contribution in [2.24, 2.45) is 0 Å². The SMILES string of the molecule is CCCNC(=O)[C@H](C)[NH2+]Cc1cn(Cc2ccccc2)nc1-c1ccccc1OC. The lowest BCUT2D eigenvalue weighted by Gasteiger charge is -2.11. The van der Waals surface area contributed by atoms with Gasteiger partial charge in [0, 0.05) is 18.3 Å². The van der Waals surface area contributed by atoms with E-state index in [0.717, 1.165) is 29.0 Å². The molecule has 0 aliphatic heterocycles. The lowest BCUT2D eigenvalue weighted by molar-refractivity contribution is -0.689. The van der Waals surface area contributed by atoms with Crippen molar-refractivity contribution in [3.63, 3.8) is 0 Å². The molecule has 3 rings (SSSR count). The largest absolute Gasteiger partial charge is 0.496 e.